The van der Waals surface area contributed by atoms with Crippen LogP contribution in [0.1, 0.15) is 40.0 Å². The lowest BCUT2D eigenvalue weighted by atomic mass is 9.85. The van der Waals surface area contributed by atoms with Gasteiger partial charge in [0.25, 0.3) is 0 Å². The quantitative estimate of drug-likeness (QED) is 0.598. The Hall–Kier alpha value is -0.300. The van der Waals surface area contributed by atoms with Crippen molar-refractivity contribution in [3.05, 3.63) is 12.2 Å². The summed E-state index contributed by atoms with van der Waals surface area (Å²) in [6.07, 6.45) is 2.99. The van der Waals surface area contributed by atoms with E-state index >= 15 is 0 Å². The molecule has 1 heteroatoms. The van der Waals surface area contributed by atoms with Crippen molar-refractivity contribution < 1.29 is 0 Å². The molecule has 0 amide bonds. The summed E-state index contributed by atoms with van der Waals surface area (Å²) in [6.45, 7) is 10.3. The monoisotopic (exact) mass is 141 g/mol. The molecule has 0 aliphatic rings. The molecule has 0 aromatic heterocycles. The van der Waals surface area contributed by atoms with E-state index in [-0.39, 0.29) is 5.54 Å². The van der Waals surface area contributed by atoms with Gasteiger partial charge in [-0.15, -0.1) is 0 Å². The van der Waals surface area contributed by atoms with E-state index in [0.29, 0.717) is 0 Å². The van der Waals surface area contributed by atoms with Crippen molar-refractivity contribution in [1.82, 2.24) is 0 Å². The second-order valence-corrected chi connectivity index (χ2v) is 2.82. The van der Waals surface area contributed by atoms with E-state index in [2.05, 4.69) is 27.4 Å². The standard InChI is InChI=1S/C9H19N/c1-5-8(4)9(10,6-2)7-3/h4-7,10H2,1-3H3. The molecule has 0 spiro atoms. The fourth-order valence-electron chi connectivity index (χ4n) is 1.10. The summed E-state index contributed by atoms with van der Waals surface area (Å²) in [5, 5.41) is 0. The van der Waals surface area contributed by atoms with E-state index in [1.54, 1.807) is 0 Å². The van der Waals surface area contributed by atoms with Gasteiger partial charge in [0.15, 0.2) is 0 Å². The van der Waals surface area contributed by atoms with Crippen LogP contribution in [0.5, 0.6) is 0 Å². The van der Waals surface area contributed by atoms with Crippen LogP contribution in [0.2, 0.25) is 0 Å². The predicted octanol–water partition coefficient (Wildman–Crippen LogP) is 2.47. The van der Waals surface area contributed by atoms with Crippen LogP contribution < -0.4 is 5.73 Å². The third-order valence-corrected chi connectivity index (χ3v) is 2.39. The van der Waals surface area contributed by atoms with Crippen molar-refractivity contribution in [2.45, 2.75) is 45.6 Å². The van der Waals surface area contributed by atoms with Gasteiger partial charge in [-0.25, -0.2) is 0 Å². The molecule has 0 saturated carbocycles. The SMILES string of the molecule is C=C(CC)C(N)(CC)CC. The molecular weight excluding hydrogens is 122 g/mol. The normalized spacial score (nSPS) is 11.6. The van der Waals surface area contributed by atoms with Gasteiger partial charge in [-0.2, -0.15) is 0 Å². The lowest BCUT2D eigenvalue weighted by molar-refractivity contribution is 0.455. The molecule has 0 bridgehead atoms. The second kappa shape index (κ2) is 3.77. The fourth-order valence-corrected chi connectivity index (χ4v) is 1.10. The van der Waals surface area contributed by atoms with Gasteiger partial charge in [0.1, 0.15) is 0 Å². The molecule has 0 heterocycles. The molecule has 0 aromatic carbocycles. The molecule has 0 atom stereocenters. The van der Waals surface area contributed by atoms with Gasteiger partial charge in [-0.05, 0) is 19.3 Å². The first-order valence-electron chi connectivity index (χ1n) is 4.07. The van der Waals surface area contributed by atoms with Crippen LogP contribution in [0.4, 0.5) is 0 Å². The van der Waals surface area contributed by atoms with Crippen LogP contribution in [0, 0.1) is 0 Å². The molecule has 0 saturated heterocycles. The van der Waals surface area contributed by atoms with Gasteiger partial charge in [-0.1, -0.05) is 32.9 Å². The first-order chi connectivity index (χ1) is 4.60. The highest BCUT2D eigenvalue weighted by Crippen LogP contribution is 2.22. The van der Waals surface area contributed by atoms with E-state index in [4.69, 9.17) is 5.73 Å². The number of hydrogen-bond donors (Lipinski definition) is 1. The second-order valence-electron chi connectivity index (χ2n) is 2.82. The maximum atomic E-state index is 6.05. The summed E-state index contributed by atoms with van der Waals surface area (Å²) in [7, 11) is 0. The zero-order chi connectivity index (χ0) is 8.20. The average Bonchev–Trinajstić information content (AvgIpc) is 2.01. The maximum absolute atomic E-state index is 6.05. The van der Waals surface area contributed by atoms with Crippen LogP contribution in [-0.2, 0) is 0 Å². The van der Waals surface area contributed by atoms with Crippen LogP contribution in [0.25, 0.3) is 0 Å². The zero-order valence-corrected chi connectivity index (χ0v) is 7.41. The summed E-state index contributed by atoms with van der Waals surface area (Å²) in [5.41, 5.74) is 7.13. The Bertz CT molecular complexity index is 112. The topological polar surface area (TPSA) is 26.0 Å². The van der Waals surface area contributed by atoms with Crippen molar-refractivity contribution in [1.29, 1.82) is 0 Å². The molecule has 0 aromatic rings. The largest absolute Gasteiger partial charge is 0.322 e. The number of hydrogen-bond acceptors (Lipinski definition) is 1. The van der Waals surface area contributed by atoms with Gasteiger partial charge in [0.2, 0.25) is 0 Å². The van der Waals surface area contributed by atoms with E-state index in [1.807, 2.05) is 0 Å². The Morgan fingerprint density at radius 3 is 1.80 bits per heavy atom. The molecule has 10 heavy (non-hydrogen) atoms. The molecule has 2 N–H and O–H groups in total. The van der Waals surface area contributed by atoms with Crippen LogP contribution in [0.3, 0.4) is 0 Å². The maximum Gasteiger partial charge on any atom is 0.0360 e. The minimum atomic E-state index is -0.102. The lowest BCUT2D eigenvalue weighted by Gasteiger charge is -2.28. The molecule has 1 nitrogen and oxygen atoms in total. The first-order valence-corrected chi connectivity index (χ1v) is 4.07. The molecule has 0 fully saturated rings. The summed E-state index contributed by atoms with van der Waals surface area (Å²) in [4.78, 5) is 0. The van der Waals surface area contributed by atoms with E-state index in [1.165, 1.54) is 5.57 Å². The minimum absolute atomic E-state index is 0.102. The number of rotatable bonds is 4. The van der Waals surface area contributed by atoms with Gasteiger partial charge >= 0.3 is 0 Å². The van der Waals surface area contributed by atoms with Crippen molar-refractivity contribution in [2.75, 3.05) is 0 Å². The molecule has 0 radical (unpaired) electrons. The highest BCUT2D eigenvalue weighted by atomic mass is 14.7. The van der Waals surface area contributed by atoms with Crippen LogP contribution >= 0.6 is 0 Å². The summed E-state index contributed by atoms with van der Waals surface area (Å²) < 4.78 is 0. The Kier molecular flexibility index (Phi) is 3.66. The van der Waals surface area contributed by atoms with Crippen LogP contribution in [-0.4, -0.2) is 5.54 Å². The average molecular weight is 141 g/mol. The lowest BCUT2D eigenvalue weighted by Crippen LogP contribution is -2.39. The number of nitrogens with two attached hydrogens (primary N) is 1. The van der Waals surface area contributed by atoms with Crippen molar-refractivity contribution in [2.24, 2.45) is 5.73 Å². The molecule has 0 rings (SSSR count). The highest BCUT2D eigenvalue weighted by molar-refractivity contribution is 5.13. The van der Waals surface area contributed by atoms with Gasteiger partial charge in [-0.3, -0.25) is 0 Å². The van der Waals surface area contributed by atoms with Gasteiger partial charge < -0.3 is 5.73 Å². The van der Waals surface area contributed by atoms with Gasteiger partial charge in [0, 0.05) is 5.54 Å². The summed E-state index contributed by atoms with van der Waals surface area (Å²) in [6, 6.07) is 0. The Morgan fingerprint density at radius 1 is 1.30 bits per heavy atom. The first kappa shape index (κ1) is 9.70. The van der Waals surface area contributed by atoms with Crippen molar-refractivity contribution in [3.8, 4) is 0 Å². The zero-order valence-electron chi connectivity index (χ0n) is 7.41. The van der Waals surface area contributed by atoms with E-state index in [0.717, 1.165) is 19.3 Å². The Balaban J connectivity index is 4.17. The molecule has 60 valence electrons. The third kappa shape index (κ3) is 1.84. The summed E-state index contributed by atoms with van der Waals surface area (Å²) >= 11 is 0. The molecule has 0 aliphatic carbocycles. The molecule has 0 aliphatic heterocycles. The van der Waals surface area contributed by atoms with Crippen molar-refractivity contribution >= 4 is 0 Å². The summed E-state index contributed by atoms with van der Waals surface area (Å²) in [5.74, 6) is 0. The minimum Gasteiger partial charge on any atom is -0.322 e. The fraction of sp³-hybridized carbons (Fsp3) is 0.778. The highest BCUT2D eigenvalue weighted by Gasteiger charge is 2.21. The molecular formula is C9H19N. The van der Waals surface area contributed by atoms with Crippen molar-refractivity contribution in [3.63, 3.8) is 0 Å². The Labute approximate surface area is 64.3 Å². The molecule has 0 unspecified atom stereocenters. The third-order valence-electron chi connectivity index (χ3n) is 2.39. The van der Waals surface area contributed by atoms with Crippen LogP contribution in [0.15, 0.2) is 12.2 Å². The van der Waals surface area contributed by atoms with E-state index < -0.39 is 0 Å². The van der Waals surface area contributed by atoms with Gasteiger partial charge in [0.05, 0.1) is 0 Å². The Morgan fingerprint density at radius 2 is 1.70 bits per heavy atom. The smallest absolute Gasteiger partial charge is 0.0360 e. The van der Waals surface area contributed by atoms with E-state index in [9.17, 15) is 0 Å². The predicted molar refractivity (Wildman–Crippen MR) is 46.9 cm³/mol.